The quantitative estimate of drug-likeness (QED) is 0.760. The number of nitrogens with one attached hydrogen (secondary N) is 1. The monoisotopic (exact) mass is 227 g/mol. The SMILES string of the molecule is COC(=O)c1ccc2c3c(cccc13)C(=O)N2. The second-order valence-corrected chi connectivity index (χ2v) is 3.83. The third kappa shape index (κ3) is 1.24. The Morgan fingerprint density at radius 3 is 2.82 bits per heavy atom. The summed E-state index contributed by atoms with van der Waals surface area (Å²) in [4.78, 5) is 23.3. The van der Waals surface area contributed by atoms with Gasteiger partial charge in [-0.1, -0.05) is 12.1 Å². The van der Waals surface area contributed by atoms with Gasteiger partial charge in [0.1, 0.15) is 0 Å². The molecule has 4 nitrogen and oxygen atoms in total. The Balaban J connectivity index is 2.41. The van der Waals surface area contributed by atoms with E-state index in [4.69, 9.17) is 4.74 Å². The number of anilines is 1. The molecule has 1 N–H and O–H groups in total. The van der Waals surface area contributed by atoms with E-state index in [9.17, 15) is 9.59 Å². The van der Waals surface area contributed by atoms with Crippen molar-refractivity contribution in [2.24, 2.45) is 0 Å². The summed E-state index contributed by atoms with van der Waals surface area (Å²) in [5, 5.41) is 4.30. The van der Waals surface area contributed by atoms with Crippen LogP contribution in [0.15, 0.2) is 30.3 Å². The molecule has 0 unspecified atom stereocenters. The first kappa shape index (κ1) is 9.84. The van der Waals surface area contributed by atoms with Crippen molar-refractivity contribution in [1.29, 1.82) is 0 Å². The maximum Gasteiger partial charge on any atom is 0.338 e. The summed E-state index contributed by atoms with van der Waals surface area (Å²) in [6.07, 6.45) is 0. The van der Waals surface area contributed by atoms with Crippen LogP contribution in [0.3, 0.4) is 0 Å². The third-order valence-corrected chi connectivity index (χ3v) is 2.94. The minimum absolute atomic E-state index is 0.132. The Bertz CT molecular complexity index is 661. The van der Waals surface area contributed by atoms with E-state index < -0.39 is 5.97 Å². The lowest BCUT2D eigenvalue weighted by Crippen LogP contribution is -2.03. The molecule has 4 heteroatoms. The van der Waals surface area contributed by atoms with Gasteiger partial charge in [-0.05, 0) is 23.6 Å². The summed E-state index contributed by atoms with van der Waals surface area (Å²) in [5.41, 5.74) is 1.82. The topological polar surface area (TPSA) is 55.4 Å². The fourth-order valence-corrected chi connectivity index (χ4v) is 2.18. The van der Waals surface area contributed by atoms with E-state index in [1.807, 2.05) is 6.07 Å². The lowest BCUT2D eigenvalue weighted by Gasteiger charge is -2.05. The zero-order chi connectivity index (χ0) is 12.0. The van der Waals surface area contributed by atoms with Gasteiger partial charge in [0.2, 0.25) is 0 Å². The molecule has 0 atom stereocenters. The van der Waals surface area contributed by atoms with Gasteiger partial charge in [0, 0.05) is 16.6 Å². The van der Waals surface area contributed by atoms with Crippen molar-refractivity contribution in [2.45, 2.75) is 0 Å². The van der Waals surface area contributed by atoms with Crippen LogP contribution in [0.4, 0.5) is 5.69 Å². The molecule has 1 heterocycles. The Hall–Kier alpha value is -2.36. The highest BCUT2D eigenvalue weighted by atomic mass is 16.5. The van der Waals surface area contributed by atoms with E-state index in [2.05, 4.69) is 5.32 Å². The van der Waals surface area contributed by atoms with Crippen LogP contribution in [0.1, 0.15) is 20.7 Å². The lowest BCUT2D eigenvalue weighted by molar-refractivity contribution is 0.0603. The Morgan fingerprint density at radius 1 is 1.24 bits per heavy atom. The Kier molecular flexibility index (Phi) is 1.92. The number of carbonyl (C=O) groups excluding carboxylic acids is 2. The summed E-state index contributed by atoms with van der Waals surface area (Å²) < 4.78 is 4.73. The highest BCUT2D eigenvalue weighted by Gasteiger charge is 2.23. The smallest absolute Gasteiger partial charge is 0.338 e. The molecule has 0 saturated carbocycles. The van der Waals surface area contributed by atoms with E-state index in [1.165, 1.54) is 7.11 Å². The van der Waals surface area contributed by atoms with Crippen LogP contribution in [-0.2, 0) is 4.74 Å². The molecule has 17 heavy (non-hydrogen) atoms. The molecule has 0 radical (unpaired) electrons. The minimum Gasteiger partial charge on any atom is -0.465 e. The maximum absolute atomic E-state index is 11.7. The van der Waals surface area contributed by atoms with Crippen LogP contribution in [0.5, 0.6) is 0 Å². The Labute approximate surface area is 97.2 Å². The fourth-order valence-electron chi connectivity index (χ4n) is 2.18. The predicted molar refractivity (Wildman–Crippen MR) is 63.2 cm³/mol. The average Bonchev–Trinajstić information content (AvgIpc) is 2.68. The van der Waals surface area contributed by atoms with E-state index >= 15 is 0 Å². The van der Waals surface area contributed by atoms with Crippen molar-refractivity contribution in [1.82, 2.24) is 0 Å². The van der Waals surface area contributed by atoms with Gasteiger partial charge in [-0.25, -0.2) is 4.79 Å². The number of ether oxygens (including phenoxy) is 1. The molecule has 0 spiro atoms. The molecule has 0 aromatic heterocycles. The summed E-state index contributed by atoms with van der Waals surface area (Å²) in [7, 11) is 1.34. The zero-order valence-corrected chi connectivity index (χ0v) is 9.11. The van der Waals surface area contributed by atoms with Gasteiger partial charge in [0.25, 0.3) is 5.91 Å². The van der Waals surface area contributed by atoms with Crippen molar-refractivity contribution in [3.63, 3.8) is 0 Å². The van der Waals surface area contributed by atoms with Crippen molar-refractivity contribution in [2.75, 3.05) is 12.4 Å². The van der Waals surface area contributed by atoms with Crippen LogP contribution in [0.2, 0.25) is 0 Å². The van der Waals surface area contributed by atoms with Crippen LogP contribution in [0.25, 0.3) is 10.8 Å². The third-order valence-electron chi connectivity index (χ3n) is 2.94. The van der Waals surface area contributed by atoms with Crippen molar-refractivity contribution in [3.8, 4) is 0 Å². The molecule has 84 valence electrons. The Morgan fingerprint density at radius 2 is 2.06 bits per heavy atom. The number of benzene rings is 2. The molecule has 1 aliphatic rings. The van der Waals surface area contributed by atoms with Gasteiger partial charge in [-0.3, -0.25) is 4.79 Å². The summed E-state index contributed by atoms with van der Waals surface area (Å²) in [6.45, 7) is 0. The van der Waals surface area contributed by atoms with Crippen molar-refractivity contribution < 1.29 is 14.3 Å². The normalized spacial score (nSPS) is 12.6. The van der Waals surface area contributed by atoms with Crippen LogP contribution in [-0.4, -0.2) is 19.0 Å². The first-order chi connectivity index (χ1) is 8.22. The van der Waals surface area contributed by atoms with E-state index in [0.29, 0.717) is 11.1 Å². The van der Waals surface area contributed by atoms with E-state index in [1.54, 1.807) is 24.3 Å². The predicted octanol–water partition coefficient (Wildman–Crippen LogP) is 2.19. The molecular formula is C13H9NO3. The molecule has 1 amide bonds. The van der Waals surface area contributed by atoms with Gasteiger partial charge in [-0.15, -0.1) is 0 Å². The van der Waals surface area contributed by atoms with Crippen LogP contribution >= 0.6 is 0 Å². The molecule has 3 rings (SSSR count). The van der Waals surface area contributed by atoms with Crippen molar-refractivity contribution >= 4 is 28.3 Å². The molecule has 0 fully saturated rings. The maximum atomic E-state index is 11.7. The van der Waals surface area contributed by atoms with E-state index in [0.717, 1.165) is 16.5 Å². The number of rotatable bonds is 1. The highest BCUT2D eigenvalue weighted by Crippen LogP contribution is 2.34. The number of hydrogen-bond donors (Lipinski definition) is 1. The number of hydrogen-bond acceptors (Lipinski definition) is 3. The summed E-state index contributed by atoms with van der Waals surface area (Å²) in [6, 6.07) is 8.71. The molecule has 2 aromatic carbocycles. The standard InChI is InChI=1S/C13H9NO3/c1-17-13(16)8-5-6-10-11-7(8)3-2-4-9(11)12(15)14-10/h2-6H,1H3,(H,14,15). The molecule has 0 bridgehead atoms. The molecule has 0 saturated heterocycles. The molecule has 2 aromatic rings. The van der Waals surface area contributed by atoms with Gasteiger partial charge in [-0.2, -0.15) is 0 Å². The van der Waals surface area contributed by atoms with Gasteiger partial charge < -0.3 is 10.1 Å². The zero-order valence-electron chi connectivity index (χ0n) is 9.11. The van der Waals surface area contributed by atoms with Crippen LogP contribution < -0.4 is 5.32 Å². The fraction of sp³-hybridized carbons (Fsp3) is 0.0769. The average molecular weight is 227 g/mol. The second kappa shape index (κ2) is 3.31. The van der Waals surface area contributed by atoms with Gasteiger partial charge in [0.05, 0.1) is 12.7 Å². The van der Waals surface area contributed by atoms with Crippen molar-refractivity contribution in [3.05, 3.63) is 41.5 Å². The first-order valence-electron chi connectivity index (χ1n) is 5.18. The number of methoxy groups -OCH3 is 1. The van der Waals surface area contributed by atoms with Gasteiger partial charge >= 0.3 is 5.97 Å². The van der Waals surface area contributed by atoms with Gasteiger partial charge in [0.15, 0.2) is 0 Å². The number of amides is 1. The lowest BCUT2D eigenvalue weighted by atomic mass is 10.0. The highest BCUT2D eigenvalue weighted by molar-refractivity contribution is 6.26. The summed E-state index contributed by atoms with van der Waals surface area (Å²) >= 11 is 0. The molecular weight excluding hydrogens is 218 g/mol. The summed E-state index contributed by atoms with van der Waals surface area (Å²) in [5.74, 6) is -0.527. The van der Waals surface area contributed by atoms with E-state index in [-0.39, 0.29) is 5.91 Å². The minimum atomic E-state index is -0.395. The first-order valence-corrected chi connectivity index (χ1v) is 5.18. The number of esters is 1. The molecule has 1 aliphatic heterocycles. The molecule has 0 aliphatic carbocycles. The number of carbonyl (C=O) groups is 2. The van der Waals surface area contributed by atoms with Crippen LogP contribution in [0, 0.1) is 0 Å². The largest absolute Gasteiger partial charge is 0.465 e. The second-order valence-electron chi connectivity index (χ2n) is 3.83.